The van der Waals surface area contributed by atoms with Crippen LogP contribution in [0, 0.1) is 0 Å². The molecule has 0 aliphatic heterocycles. The van der Waals surface area contributed by atoms with Crippen molar-refractivity contribution in [2.45, 2.75) is 13.3 Å². The molecule has 2 heterocycles. The Labute approximate surface area is 143 Å². The minimum absolute atomic E-state index is 0.0645. The Balaban J connectivity index is 2.21. The third-order valence-electron chi connectivity index (χ3n) is 3.33. The molecule has 7 heteroatoms. The number of ketones is 1. The Kier molecular flexibility index (Phi) is 4.01. The fourth-order valence-electron chi connectivity index (χ4n) is 2.28. The van der Waals surface area contributed by atoms with Crippen LogP contribution in [0.1, 0.15) is 28.7 Å². The second kappa shape index (κ2) is 5.81. The molecule has 0 bridgehead atoms. The molecule has 3 rings (SSSR count). The minimum atomic E-state index is -0.156. The van der Waals surface area contributed by atoms with Gasteiger partial charge in [0.1, 0.15) is 11.4 Å². The number of carbonyl (C=O) groups is 1. The van der Waals surface area contributed by atoms with Crippen LogP contribution in [0.4, 0.5) is 0 Å². The summed E-state index contributed by atoms with van der Waals surface area (Å²) in [7, 11) is 0. The van der Waals surface area contributed by atoms with Crippen LogP contribution in [0.15, 0.2) is 39.7 Å². The quantitative estimate of drug-likeness (QED) is 0.650. The maximum absolute atomic E-state index is 12.9. The summed E-state index contributed by atoms with van der Waals surface area (Å²) in [4.78, 5) is 21.4. The van der Waals surface area contributed by atoms with Crippen LogP contribution in [-0.4, -0.2) is 25.3 Å². The number of aryl methyl sites for hydroxylation is 1. The monoisotopic (exact) mass is 423 g/mol. The number of fused-ring (bicyclic) bond motifs is 1. The maximum atomic E-state index is 12.9. The fraction of sp³-hybridized carbons (Fsp3) is 0.133. The van der Waals surface area contributed by atoms with Gasteiger partial charge in [0.2, 0.25) is 5.78 Å². The van der Waals surface area contributed by atoms with E-state index < -0.39 is 0 Å². The molecule has 0 saturated heterocycles. The maximum Gasteiger partial charge on any atom is 0.211 e. The number of benzene rings is 1. The minimum Gasteiger partial charge on any atom is -0.506 e. The van der Waals surface area contributed by atoms with E-state index >= 15 is 0 Å². The van der Waals surface area contributed by atoms with Crippen molar-refractivity contribution in [2.75, 3.05) is 0 Å². The summed E-state index contributed by atoms with van der Waals surface area (Å²) in [6.07, 6.45) is 5.61. The number of hydrogen-bond donors (Lipinski definition) is 1. The first kappa shape index (κ1) is 15.2. The molecule has 22 heavy (non-hydrogen) atoms. The van der Waals surface area contributed by atoms with Gasteiger partial charge in [-0.25, -0.2) is 4.98 Å². The molecule has 0 radical (unpaired) electrons. The zero-order chi connectivity index (χ0) is 15.9. The summed E-state index contributed by atoms with van der Waals surface area (Å²) in [5.74, 6) is -0.0912. The van der Waals surface area contributed by atoms with Gasteiger partial charge < -0.3 is 5.11 Å². The van der Waals surface area contributed by atoms with E-state index in [0.29, 0.717) is 32.3 Å². The second-order valence-corrected chi connectivity index (χ2v) is 6.39. The van der Waals surface area contributed by atoms with Crippen molar-refractivity contribution in [3.05, 3.63) is 56.6 Å². The van der Waals surface area contributed by atoms with Crippen molar-refractivity contribution in [3.63, 3.8) is 0 Å². The predicted octanol–water partition coefficient (Wildman–Crippen LogP) is 3.75. The highest BCUT2D eigenvalue weighted by molar-refractivity contribution is 9.11. The van der Waals surface area contributed by atoms with E-state index in [1.165, 1.54) is 0 Å². The highest BCUT2D eigenvalue weighted by Crippen LogP contribution is 2.34. The molecule has 112 valence electrons. The van der Waals surface area contributed by atoms with Crippen LogP contribution in [0.25, 0.3) is 5.65 Å². The number of aromatic hydroxyl groups is 1. The zero-order valence-corrected chi connectivity index (χ0v) is 14.7. The van der Waals surface area contributed by atoms with E-state index in [1.807, 2.05) is 6.92 Å². The summed E-state index contributed by atoms with van der Waals surface area (Å²) in [5.41, 5.74) is 2.34. The summed E-state index contributed by atoms with van der Waals surface area (Å²) in [6.45, 7) is 1.95. The molecule has 0 amide bonds. The number of hydrogen-bond acceptors (Lipinski definition) is 4. The Morgan fingerprint density at radius 3 is 2.64 bits per heavy atom. The lowest BCUT2D eigenvalue weighted by atomic mass is 10.1. The van der Waals surface area contributed by atoms with E-state index in [4.69, 9.17) is 0 Å². The van der Waals surface area contributed by atoms with Gasteiger partial charge in [-0.05, 0) is 50.4 Å². The highest BCUT2D eigenvalue weighted by atomic mass is 79.9. The molecule has 5 nitrogen and oxygen atoms in total. The molecule has 1 N–H and O–H groups in total. The summed E-state index contributed by atoms with van der Waals surface area (Å²) >= 11 is 6.50. The van der Waals surface area contributed by atoms with E-state index in [9.17, 15) is 9.90 Å². The molecule has 0 saturated carbocycles. The van der Waals surface area contributed by atoms with E-state index in [1.54, 1.807) is 35.1 Å². The van der Waals surface area contributed by atoms with Crippen molar-refractivity contribution in [1.29, 1.82) is 0 Å². The summed E-state index contributed by atoms with van der Waals surface area (Å²) in [6, 6.07) is 3.20. The molecular weight excluding hydrogens is 414 g/mol. The molecule has 0 atom stereocenters. The molecule has 0 aliphatic carbocycles. The normalized spacial score (nSPS) is 11.0. The number of carbonyl (C=O) groups excluding carboxylic acids is 1. The molecule has 1 aromatic carbocycles. The van der Waals surface area contributed by atoms with Gasteiger partial charge in [0, 0.05) is 18.0 Å². The second-order valence-electron chi connectivity index (χ2n) is 4.68. The number of aromatic nitrogens is 3. The van der Waals surface area contributed by atoms with Gasteiger partial charge in [-0.2, -0.15) is 0 Å². The van der Waals surface area contributed by atoms with Crippen LogP contribution in [0.3, 0.4) is 0 Å². The summed E-state index contributed by atoms with van der Waals surface area (Å²) in [5, 5.41) is 9.78. The average Bonchev–Trinajstić information content (AvgIpc) is 2.89. The standard InChI is InChI=1S/C15H11Br2N3O2/c1-2-11-13(20-4-3-18-7-12(20)19-11)14(21)8-5-9(16)15(22)10(17)6-8/h3-7,22H,2H2,1H3. The largest absolute Gasteiger partial charge is 0.506 e. The Morgan fingerprint density at radius 2 is 2.00 bits per heavy atom. The molecule has 0 aliphatic rings. The lowest BCUT2D eigenvalue weighted by Crippen LogP contribution is -2.08. The Hall–Kier alpha value is -1.73. The average molecular weight is 425 g/mol. The number of phenolic OH excluding ortho intramolecular Hbond substituents is 1. The van der Waals surface area contributed by atoms with Crippen LogP contribution in [0.5, 0.6) is 5.75 Å². The molecule has 2 aromatic heterocycles. The zero-order valence-electron chi connectivity index (χ0n) is 11.5. The molecule has 0 fully saturated rings. The van der Waals surface area contributed by atoms with Gasteiger partial charge in [-0.3, -0.25) is 14.2 Å². The summed E-state index contributed by atoms with van der Waals surface area (Å²) < 4.78 is 2.65. The fourth-order valence-corrected chi connectivity index (χ4v) is 3.46. The predicted molar refractivity (Wildman–Crippen MR) is 89.3 cm³/mol. The van der Waals surface area contributed by atoms with Gasteiger partial charge in [-0.15, -0.1) is 0 Å². The SMILES string of the molecule is CCc1nc2cnccn2c1C(=O)c1cc(Br)c(O)c(Br)c1. The van der Waals surface area contributed by atoms with Crippen molar-refractivity contribution >= 4 is 43.3 Å². The van der Waals surface area contributed by atoms with Crippen molar-refractivity contribution in [1.82, 2.24) is 14.4 Å². The third-order valence-corrected chi connectivity index (χ3v) is 4.54. The molecule has 0 spiro atoms. The first-order valence-electron chi connectivity index (χ1n) is 6.56. The van der Waals surface area contributed by atoms with Crippen molar-refractivity contribution in [2.24, 2.45) is 0 Å². The molecular formula is C15H11Br2N3O2. The molecule has 0 unspecified atom stereocenters. The Morgan fingerprint density at radius 1 is 1.32 bits per heavy atom. The van der Waals surface area contributed by atoms with Crippen LogP contribution in [-0.2, 0) is 6.42 Å². The van der Waals surface area contributed by atoms with Crippen molar-refractivity contribution in [3.8, 4) is 5.75 Å². The van der Waals surface area contributed by atoms with Crippen LogP contribution >= 0.6 is 31.9 Å². The smallest absolute Gasteiger partial charge is 0.211 e. The lowest BCUT2D eigenvalue weighted by molar-refractivity contribution is 0.103. The number of nitrogens with zero attached hydrogens (tertiary/aromatic N) is 3. The number of imidazole rings is 1. The van der Waals surface area contributed by atoms with E-state index in [-0.39, 0.29) is 11.5 Å². The van der Waals surface area contributed by atoms with Gasteiger partial charge in [0.05, 0.1) is 20.8 Å². The van der Waals surface area contributed by atoms with Gasteiger partial charge in [0.25, 0.3) is 0 Å². The number of phenols is 1. The first-order valence-corrected chi connectivity index (χ1v) is 8.15. The number of rotatable bonds is 3. The highest BCUT2D eigenvalue weighted by Gasteiger charge is 2.21. The molecule has 3 aromatic rings. The van der Waals surface area contributed by atoms with Gasteiger partial charge in [0.15, 0.2) is 5.65 Å². The van der Waals surface area contributed by atoms with Crippen LogP contribution < -0.4 is 0 Å². The van der Waals surface area contributed by atoms with Crippen LogP contribution in [0.2, 0.25) is 0 Å². The third kappa shape index (κ3) is 2.44. The Bertz CT molecular complexity index is 867. The van der Waals surface area contributed by atoms with E-state index in [2.05, 4.69) is 41.8 Å². The first-order chi connectivity index (χ1) is 10.5. The van der Waals surface area contributed by atoms with E-state index in [0.717, 1.165) is 5.69 Å². The van der Waals surface area contributed by atoms with Gasteiger partial charge in [-0.1, -0.05) is 6.92 Å². The lowest BCUT2D eigenvalue weighted by Gasteiger charge is -2.07. The number of halogens is 2. The van der Waals surface area contributed by atoms with Crippen molar-refractivity contribution < 1.29 is 9.90 Å². The van der Waals surface area contributed by atoms with Gasteiger partial charge >= 0.3 is 0 Å². The topological polar surface area (TPSA) is 67.5 Å².